The molecule has 14 heavy (non-hydrogen) atoms. The number of carboxylic acids is 1. The third-order valence-corrected chi connectivity index (χ3v) is 1.75. The second-order valence-electron chi connectivity index (χ2n) is 2.76. The Morgan fingerprint density at radius 1 is 1.50 bits per heavy atom. The summed E-state index contributed by atoms with van der Waals surface area (Å²) in [6, 6.07) is 1.60. The SMILES string of the molecule is CCOC(C)(OCC)C(C#N)C(=O)[O-]. The first-order valence-corrected chi connectivity index (χ1v) is 4.40. The van der Waals surface area contributed by atoms with Crippen molar-refractivity contribution in [2.24, 2.45) is 5.92 Å². The average Bonchev–Trinajstić information content (AvgIpc) is 2.04. The van der Waals surface area contributed by atoms with Crippen LogP contribution in [0.25, 0.3) is 0 Å². The van der Waals surface area contributed by atoms with Gasteiger partial charge in [0.1, 0.15) is 5.92 Å². The Labute approximate surface area is 83.2 Å². The van der Waals surface area contributed by atoms with Gasteiger partial charge in [0, 0.05) is 13.2 Å². The summed E-state index contributed by atoms with van der Waals surface area (Å²) in [5.74, 6) is -4.35. The molecule has 5 heteroatoms. The van der Waals surface area contributed by atoms with Crippen molar-refractivity contribution in [3.8, 4) is 6.07 Å². The molecular weight excluding hydrogens is 186 g/mol. The third-order valence-electron chi connectivity index (χ3n) is 1.75. The van der Waals surface area contributed by atoms with Gasteiger partial charge < -0.3 is 19.4 Å². The highest BCUT2D eigenvalue weighted by atomic mass is 16.7. The summed E-state index contributed by atoms with van der Waals surface area (Å²) in [7, 11) is 0. The van der Waals surface area contributed by atoms with E-state index in [2.05, 4.69) is 0 Å². The highest BCUT2D eigenvalue weighted by Crippen LogP contribution is 2.22. The molecule has 0 N–H and O–H groups in total. The van der Waals surface area contributed by atoms with E-state index in [1.165, 1.54) is 6.92 Å². The summed E-state index contributed by atoms with van der Waals surface area (Å²) in [5.41, 5.74) is 0. The van der Waals surface area contributed by atoms with Crippen LogP contribution in [-0.4, -0.2) is 25.0 Å². The predicted octanol–water partition coefficient (Wildman–Crippen LogP) is -0.335. The minimum atomic E-state index is -1.49. The molecule has 80 valence electrons. The number of rotatable bonds is 6. The van der Waals surface area contributed by atoms with Crippen LogP contribution in [0, 0.1) is 17.2 Å². The number of carboxylic acid groups (broad SMARTS) is 1. The van der Waals surface area contributed by atoms with Crippen LogP contribution < -0.4 is 5.11 Å². The maximum atomic E-state index is 10.6. The molecular formula is C9H14NO4-. The molecule has 0 aromatic carbocycles. The smallest absolute Gasteiger partial charge is 0.186 e. The number of carbonyl (C=O) groups is 1. The quantitative estimate of drug-likeness (QED) is 0.548. The summed E-state index contributed by atoms with van der Waals surface area (Å²) in [6.07, 6.45) is 0. The number of hydrogen-bond acceptors (Lipinski definition) is 5. The first kappa shape index (κ1) is 12.9. The minimum Gasteiger partial charge on any atom is -0.549 e. The Morgan fingerprint density at radius 3 is 2.14 bits per heavy atom. The van der Waals surface area contributed by atoms with E-state index in [1.54, 1.807) is 19.9 Å². The number of carbonyl (C=O) groups excluding carboxylic acids is 1. The molecule has 0 aliphatic heterocycles. The van der Waals surface area contributed by atoms with Crippen molar-refractivity contribution >= 4 is 5.97 Å². The van der Waals surface area contributed by atoms with Gasteiger partial charge in [0.05, 0.1) is 12.0 Å². The largest absolute Gasteiger partial charge is 0.549 e. The van der Waals surface area contributed by atoms with Crippen LogP contribution in [0.1, 0.15) is 20.8 Å². The van der Waals surface area contributed by atoms with Crippen molar-refractivity contribution in [2.45, 2.75) is 26.6 Å². The van der Waals surface area contributed by atoms with Crippen molar-refractivity contribution < 1.29 is 19.4 Å². The summed E-state index contributed by atoms with van der Waals surface area (Å²) in [4.78, 5) is 10.6. The van der Waals surface area contributed by atoms with Crippen molar-refractivity contribution in [1.29, 1.82) is 5.26 Å². The second-order valence-corrected chi connectivity index (χ2v) is 2.76. The highest BCUT2D eigenvalue weighted by Gasteiger charge is 2.37. The Hall–Kier alpha value is -1.12. The molecule has 0 amide bonds. The maximum absolute atomic E-state index is 10.6. The lowest BCUT2D eigenvalue weighted by Crippen LogP contribution is -2.49. The fraction of sp³-hybridized carbons (Fsp3) is 0.778. The van der Waals surface area contributed by atoms with Crippen LogP contribution in [0.2, 0.25) is 0 Å². The monoisotopic (exact) mass is 200 g/mol. The van der Waals surface area contributed by atoms with Crippen LogP contribution in [0.3, 0.4) is 0 Å². The zero-order valence-corrected chi connectivity index (χ0v) is 8.57. The maximum Gasteiger partial charge on any atom is 0.186 e. The molecule has 0 rings (SSSR count). The van der Waals surface area contributed by atoms with Gasteiger partial charge in [-0.2, -0.15) is 5.26 Å². The predicted molar refractivity (Wildman–Crippen MR) is 45.8 cm³/mol. The summed E-state index contributed by atoms with van der Waals surface area (Å²) < 4.78 is 10.2. The van der Waals surface area contributed by atoms with Gasteiger partial charge in [0.15, 0.2) is 5.79 Å². The summed E-state index contributed by atoms with van der Waals surface area (Å²) in [5, 5.41) is 19.3. The van der Waals surface area contributed by atoms with E-state index in [0.717, 1.165) is 0 Å². The third kappa shape index (κ3) is 2.98. The molecule has 0 aromatic heterocycles. The van der Waals surface area contributed by atoms with E-state index < -0.39 is 17.7 Å². The summed E-state index contributed by atoms with van der Waals surface area (Å²) >= 11 is 0. The van der Waals surface area contributed by atoms with Gasteiger partial charge in [0.2, 0.25) is 0 Å². The van der Waals surface area contributed by atoms with Crippen LogP contribution in [0.5, 0.6) is 0 Å². The van der Waals surface area contributed by atoms with Crippen LogP contribution in [-0.2, 0) is 14.3 Å². The lowest BCUT2D eigenvalue weighted by atomic mass is 10.0. The lowest BCUT2D eigenvalue weighted by Gasteiger charge is -2.33. The Balaban J connectivity index is 4.77. The Bertz CT molecular complexity index is 227. The van der Waals surface area contributed by atoms with Gasteiger partial charge in [-0.25, -0.2) is 0 Å². The Morgan fingerprint density at radius 2 is 1.93 bits per heavy atom. The molecule has 0 aliphatic rings. The fourth-order valence-electron chi connectivity index (χ4n) is 1.17. The normalized spacial score (nSPS) is 13.3. The molecule has 0 radical (unpaired) electrons. The van der Waals surface area contributed by atoms with Gasteiger partial charge in [-0.3, -0.25) is 0 Å². The van der Waals surface area contributed by atoms with Gasteiger partial charge >= 0.3 is 0 Å². The molecule has 0 bridgehead atoms. The molecule has 0 spiro atoms. The molecule has 1 unspecified atom stereocenters. The van der Waals surface area contributed by atoms with Gasteiger partial charge in [-0.05, 0) is 20.8 Å². The molecule has 0 saturated carbocycles. The number of nitrogens with zero attached hydrogens (tertiary/aromatic N) is 1. The topological polar surface area (TPSA) is 82.4 Å². The van der Waals surface area contributed by atoms with E-state index in [1.807, 2.05) is 0 Å². The summed E-state index contributed by atoms with van der Waals surface area (Å²) in [6.45, 7) is 5.34. The molecule has 0 heterocycles. The number of nitriles is 1. The number of ether oxygens (including phenoxy) is 2. The van der Waals surface area contributed by atoms with E-state index in [0.29, 0.717) is 0 Å². The van der Waals surface area contributed by atoms with Crippen molar-refractivity contribution in [3.05, 3.63) is 0 Å². The first-order valence-electron chi connectivity index (χ1n) is 4.40. The number of aliphatic carboxylic acids is 1. The van der Waals surface area contributed by atoms with Crippen molar-refractivity contribution in [2.75, 3.05) is 13.2 Å². The fourth-order valence-corrected chi connectivity index (χ4v) is 1.17. The van der Waals surface area contributed by atoms with Gasteiger partial charge in [0.25, 0.3) is 0 Å². The number of hydrogen-bond donors (Lipinski definition) is 0. The van der Waals surface area contributed by atoms with E-state index in [-0.39, 0.29) is 13.2 Å². The van der Waals surface area contributed by atoms with Crippen LogP contribution in [0.4, 0.5) is 0 Å². The molecule has 0 fully saturated rings. The molecule has 0 aliphatic carbocycles. The molecule has 5 nitrogen and oxygen atoms in total. The average molecular weight is 200 g/mol. The van der Waals surface area contributed by atoms with Gasteiger partial charge in [-0.15, -0.1) is 0 Å². The van der Waals surface area contributed by atoms with E-state index in [9.17, 15) is 9.90 Å². The lowest BCUT2D eigenvalue weighted by molar-refractivity contribution is -0.328. The Kier molecular flexibility index (Phi) is 5.13. The standard InChI is InChI=1S/C9H15NO4/c1-4-13-9(3,14-5-2)7(6-10)8(11)12/h7H,4-5H2,1-3H3,(H,11,12)/p-1. The van der Waals surface area contributed by atoms with Crippen LogP contribution in [0.15, 0.2) is 0 Å². The van der Waals surface area contributed by atoms with E-state index in [4.69, 9.17) is 14.7 Å². The second kappa shape index (κ2) is 5.58. The molecule has 0 aromatic rings. The zero-order valence-electron chi connectivity index (χ0n) is 8.57. The van der Waals surface area contributed by atoms with Crippen LogP contribution >= 0.6 is 0 Å². The van der Waals surface area contributed by atoms with Crippen molar-refractivity contribution in [3.63, 3.8) is 0 Å². The van der Waals surface area contributed by atoms with E-state index >= 15 is 0 Å². The minimum absolute atomic E-state index is 0.266. The van der Waals surface area contributed by atoms with Gasteiger partial charge in [-0.1, -0.05) is 0 Å². The first-order chi connectivity index (χ1) is 6.51. The molecule has 1 atom stereocenters. The zero-order chi connectivity index (χ0) is 11.2. The highest BCUT2D eigenvalue weighted by molar-refractivity contribution is 5.72. The van der Waals surface area contributed by atoms with Crippen molar-refractivity contribution in [1.82, 2.24) is 0 Å². The molecule has 0 saturated heterocycles.